The van der Waals surface area contributed by atoms with Crippen molar-refractivity contribution < 1.29 is 28.2 Å². The molecule has 0 spiro atoms. The zero-order chi connectivity index (χ0) is 19.3. The van der Waals surface area contributed by atoms with Gasteiger partial charge < -0.3 is 14.8 Å². The van der Waals surface area contributed by atoms with Crippen LogP contribution < -0.4 is 10.1 Å². The van der Waals surface area contributed by atoms with Crippen LogP contribution in [0.4, 0.5) is 10.1 Å². The molecular formula is C19H18FNO5. The van der Waals surface area contributed by atoms with Gasteiger partial charge in [-0.3, -0.25) is 9.59 Å². The fraction of sp³-hybridized carbons (Fsp3) is 0.211. The molecule has 0 heterocycles. The number of anilines is 1. The van der Waals surface area contributed by atoms with Gasteiger partial charge >= 0.3 is 5.97 Å². The van der Waals surface area contributed by atoms with Crippen molar-refractivity contribution in [3.05, 3.63) is 59.4 Å². The summed E-state index contributed by atoms with van der Waals surface area (Å²) in [5.74, 6) is -2.17. The number of hydrogen-bond acceptors (Lipinski definition) is 5. The van der Waals surface area contributed by atoms with Crippen LogP contribution in [0.3, 0.4) is 0 Å². The van der Waals surface area contributed by atoms with E-state index in [1.165, 1.54) is 33.1 Å². The normalized spacial score (nSPS) is 11.4. The van der Waals surface area contributed by atoms with Gasteiger partial charge in [0.2, 0.25) is 0 Å². The van der Waals surface area contributed by atoms with Crippen molar-refractivity contribution in [3.63, 3.8) is 0 Å². The van der Waals surface area contributed by atoms with E-state index in [0.29, 0.717) is 11.3 Å². The molecule has 0 bridgehead atoms. The summed E-state index contributed by atoms with van der Waals surface area (Å²) in [5.41, 5.74) is 0.659. The van der Waals surface area contributed by atoms with E-state index in [2.05, 4.69) is 5.32 Å². The molecule has 7 heteroatoms. The lowest BCUT2D eigenvalue weighted by molar-refractivity contribution is -0.123. The molecule has 1 N–H and O–H groups in total. The minimum absolute atomic E-state index is 0.0910. The standard InChI is InChI=1S/C19H18FNO5/c1-11(22)13-4-6-14(7-5-13)21-18(23)12(2)26-19(24)16-9-8-15(25-3)10-17(16)20/h4-10,12H,1-3H3,(H,21,23)/t12-/m1/s1. The minimum Gasteiger partial charge on any atom is -0.497 e. The van der Waals surface area contributed by atoms with E-state index in [-0.39, 0.29) is 17.1 Å². The molecule has 0 fully saturated rings. The lowest BCUT2D eigenvalue weighted by Gasteiger charge is -2.14. The first kappa shape index (κ1) is 19.1. The van der Waals surface area contributed by atoms with Crippen LogP contribution in [0, 0.1) is 5.82 Å². The predicted molar refractivity (Wildman–Crippen MR) is 92.9 cm³/mol. The van der Waals surface area contributed by atoms with Gasteiger partial charge in [-0.2, -0.15) is 0 Å². The number of halogens is 1. The molecular weight excluding hydrogens is 341 g/mol. The lowest BCUT2D eigenvalue weighted by atomic mass is 10.1. The van der Waals surface area contributed by atoms with Crippen LogP contribution in [0.1, 0.15) is 34.6 Å². The molecule has 0 aliphatic heterocycles. The Morgan fingerprint density at radius 2 is 1.73 bits per heavy atom. The quantitative estimate of drug-likeness (QED) is 0.633. The molecule has 2 rings (SSSR count). The number of ether oxygens (including phenoxy) is 2. The molecule has 0 unspecified atom stereocenters. The van der Waals surface area contributed by atoms with Gasteiger partial charge in [0, 0.05) is 17.3 Å². The van der Waals surface area contributed by atoms with E-state index in [1.54, 1.807) is 24.3 Å². The minimum atomic E-state index is -1.14. The zero-order valence-electron chi connectivity index (χ0n) is 14.5. The zero-order valence-corrected chi connectivity index (χ0v) is 14.5. The number of Topliss-reactive ketones (excluding diaryl/α,β-unsaturated/α-hetero) is 1. The molecule has 6 nitrogen and oxygen atoms in total. The fourth-order valence-electron chi connectivity index (χ4n) is 2.10. The third kappa shape index (κ3) is 4.66. The smallest absolute Gasteiger partial charge is 0.341 e. The largest absolute Gasteiger partial charge is 0.497 e. The number of esters is 1. The summed E-state index contributed by atoms with van der Waals surface area (Å²) in [4.78, 5) is 35.4. The molecule has 0 aliphatic rings. The Labute approximate surface area is 149 Å². The molecule has 136 valence electrons. The number of carbonyl (C=O) groups excluding carboxylic acids is 3. The average molecular weight is 359 g/mol. The number of ketones is 1. The maximum Gasteiger partial charge on any atom is 0.341 e. The van der Waals surface area contributed by atoms with E-state index in [4.69, 9.17) is 9.47 Å². The SMILES string of the molecule is COc1ccc(C(=O)O[C@H](C)C(=O)Nc2ccc(C(C)=O)cc2)c(F)c1. The van der Waals surface area contributed by atoms with Crippen molar-refractivity contribution in [3.8, 4) is 5.75 Å². The van der Waals surface area contributed by atoms with Crippen LogP contribution in [-0.2, 0) is 9.53 Å². The van der Waals surface area contributed by atoms with Crippen LogP contribution in [-0.4, -0.2) is 30.9 Å². The first-order valence-electron chi connectivity index (χ1n) is 7.78. The Kier molecular flexibility index (Phi) is 6.06. The molecule has 26 heavy (non-hydrogen) atoms. The highest BCUT2D eigenvalue weighted by Gasteiger charge is 2.21. The summed E-state index contributed by atoms with van der Waals surface area (Å²) in [6.45, 7) is 2.81. The molecule has 1 amide bonds. The van der Waals surface area contributed by atoms with E-state index in [1.807, 2.05) is 0 Å². The van der Waals surface area contributed by atoms with E-state index in [0.717, 1.165) is 6.07 Å². The van der Waals surface area contributed by atoms with Crippen molar-refractivity contribution in [1.82, 2.24) is 0 Å². The molecule has 1 atom stereocenters. The lowest BCUT2D eigenvalue weighted by Crippen LogP contribution is -2.30. The van der Waals surface area contributed by atoms with E-state index < -0.39 is 23.8 Å². The molecule has 0 aliphatic carbocycles. The Balaban J connectivity index is 1.99. The number of benzene rings is 2. The number of carbonyl (C=O) groups is 3. The van der Waals surface area contributed by atoms with Gasteiger partial charge in [-0.1, -0.05) is 0 Å². The van der Waals surface area contributed by atoms with Crippen molar-refractivity contribution in [2.24, 2.45) is 0 Å². The second-order valence-corrected chi connectivity index (χ2v) is 5.52. The highest BCUT2D eigenvalue weighted by Crippen LogP contribution is 2.18. The topological polar surface area (TPSA) is 81.7 Å². The Hall–Kier alpha value is -3.22. The van der Waals surface area contributed by atoms with Gasteiger partial charge in [0.05, 0.1) is 12.7 Å². The highest BCUT2D eigenvalue weighted by molar-refractivity contribution is 5.98. The summed E-state index contributed by atoms with van der Waals surface area (Å²) in [6.07, 6.45) is -1.14. The van der Waals surface area contributed by atoms with Crippen LogP contribution in [0.25, 0.3) is 0 Å². The Bertz CT molecular complexity index is 832. The number of rotatable bonds is 6. The monoisotopic (exact) mass is 359 g/mol. The van der Waals surface area contributed by atoms with Crippen molar-refractivity contribution in [1.29, 1.82) is 0 Å². The van der Waals surface area contributed by atoms with Crippen LogP contribution in [0.15, 0.2) is 42.5 Å². The van der Waals surface area contributed by atoms with Crippen LogP contribution in [0.5, 0.6) is 5.75 Å². The summed E-state index contributed by atoms with van der Waals surface area (Å²) in [5, 5.41) is 2.56. The number of nitrogens with one attached hydrogen (secondary N) is 1. The van der Waals surface area contributed by atoms with Crippen molar-refractivity contribution >= 4 is 23.3 Å². The number of amides is 1. The van der Waals surface area contributed by atoms with Gasteiger partial charge in [0.25, 0.3) is 5.91 Å². The van der Waals surface area contributed by atoms with Crippen molar-refractivity contribution in [2.45, 2.75) is 20.0 Å². The van der Waals surface area contributed by atoms with E-state index >= 15 is 0 Å². The third-order valence-corrected chi connectivity index (χ3v) is 3.61. The number of hydrogen-bond donors (Lipinski definition) is 1. The maximum atomic E-state index is 13.9. The summed E-state index contributed by atoms with van der Waals surface area (Å²) in [6, 6.07) is 9.96. The highest BCUT2D eigenvalue weighted by atomic mass is 19.1. The average Bonchev–Trinajstić information content (AvgIpc) is 2.61. The summed E-state index contributed by atoms with van der Waals surface area (Å²) in [7, 11) is 1.38. The summed E-state index contributed by atoms with van der Waals surface area (Å²) >= 11 is 0. The maximum absolute atomic E-state index is 13.9. The van der Waals surface area contributed by atoms with Gasteiger partial charge in [0.15, 0.2) is 11.9 Å². The second kappa shape index (κ2) is 8.24. The van der Waals surface area contributed by atoms with Gasteiger partial charge in [0.1, 0.15) is 11.6 Å². The first-order chi connectivity index (χ1) is 12.3. The van der Waals surface area contributed by atoms with Gasteiger partial charge in [-0.15, -0.1) is 0 Å². The predicted octanol–water partition coefficient (Wildman–Crippen LogP) is 3.22. The summed E-state index contributed by atoms with van der Waals surface area (Å²) < 4.78 is 23.7. The van der Waals surface area contributed by atoms with Gasteiger partial charge in [-0.05, 0) is 50.2 Å². The van der Waals surface area contributed by atoms with Crippen LogP contribution >= 0.6 is 0 Å². The first-order valence-corrected chi connectivity index (χ1v) is 7.78. The number of methoxy groups -OCH3 is 1. The molecule has 0 aromatic heterocycles. The molecule has 0 radical (unpaired) electrons. The molecule has 0 saturated heterocycles. The third-order valence-electron chi connectivity index (χ3n) is 3.61. The molecule has 2 aromatic carbocycles. The van der Waals surface area contributed by atoms with Gasteiger partial charge in [-0.25, -0.2) is 9.18 Å². The molecule has 2 aromatic rings. The Morgan fingerprint density at radius 1 is 1.08 bits per heavy atom. The fourth-order valence-corrected chi connectivity index (χ4v) is 2.10. The molecule has 0 saturated carbocycles. The Morgan fingerprint density at radius 3 is 2.27 bits per heavy atom. The second-order valence-electron chi connectivity index (χ2n) is 5.52. The van der Waals surface area contributed by atoms with E-state index in [9.17, 15) is 18.8 Å². The van der Waals surface area contributed by atoms with Crippen LogP contribution in [0.2, 0.25) is 0 Å². The van der Waals surface area contributed by atoms with Crippen molar-refractivity contribution in [2.75, 3.05) is 12.4 Å².